The maximum absolute atomic E-state index is 12.7. The molecule has 0 spiro atoms. The minimum Gasteiger partial charge on any atom is -0.498 e. The molecule has 0 aliphatic carbocycles. The second-order valence-corrected chi connectivity index (χ2v) is 17.6. The van der Waals surface area contributed by atoms with Crippen molar-refractivity contribution in [3.05, 3.63) is 60.9 Å². The van der Waals surface area contributed by atoms with E-state index in [-0.39, 0.29) is 32.3 Å². The Morgan fingerprint density at radius 1 is 0.661 bits per heavy atom. The van der Waals surface area contributed by atoms with Gasteiger partial charge >= 0.3 is 13.8 Å². The van der Waals surface area contributed by atoms with Gasteiger partial charge in [0.15, 0.2) is 6.10 Å². The predicted molar refractivity (Wildman–Crippen MR) is 232 cm³/mol. The second kappa shape index (κ2) is 35.0. The summed E-state index contributed by atoms with van der Waals surface area (Å²) in [6.45, 7) is 4.79. The zero-order valence-corrected chi connectivity index (χ0v) is 37.2. The van der Waals surface area contributed by atoms with Gasteiger partial charge < -0.3 is 23.6 Å². The zero-order chi connectivity index (χ0) is 41.0. The van der Waals surface area contributed by atoms with Gasteiger partial charge in [-0.05, 0) is 89.5 Å². The molecule has 1 aliphatic heterocycles. The molecule has 0 bridgehead atoms. The van der Waals surface area contributed by atoms with Crippen molar-refractivity contribution in [2.75, 3.05) is 47.5 Å². The van der Waals surface area contributed by atoms with Gasteiger partial charge in [-0.2, -0.15) is 0 Å². The van der Waals surface area contributed by atoms with E-state index in [0.29, 0.717) is 23.6 Å². The molecule has 9 nitrogen and oxygen atoms in total. The number of phosphoric ester groups is 1. The molecule has 324 valence electrons. The van der Waals surface area contributed by atoms with Crippen LogP contribution in [0.4, 0.5) is 0 Å². The minimum absolute atomic E-state index is 0.0156. The van der Waals surface area contributed by atoms with Crippen LogP contribution in [0.2, 0.25) is 0 Å². The van der Waals surface area contributed by atoms with Gasteiger partial charge in [0.2, 0.25) is 0 Å². The van der Waals surface area contributed by atoms with Gasteiger partial charge in [0.1, 0.15) is 19.8 Å². The molecule has 0 amide bonds. The first kappa shape index (κ1) is 52.0. The molecule has 1 fully saturated rings. The first-order valence-electron chi connectivity index (χ1n) is 22.2. The topological polar surface area (TPSA) is 104 Å². The maximum Gasteiger partial charge on any atom is 0.472 e. The zero-order valence-electron chi connectivity index (χ0n) is 36.3. The molecule has 1 aliphatic rings. The lowest BCUT2D eigenvalue weighted by atomic mass is 10.1. The summed E-state index contributed by atoms with van der Waals surface area (Å²) in [5.41, 5.74) is 0. The summed E-state index contributed by atoms with van der Waals surface area (Å²) in [7, 11) is 1.58. The number of rotatable bonds is 39. The molecule has 56 heavy (non-hydrogen) atoms. The fourth-order valence-electron chi connectivity index (χ4n) is 5.90. The van der Waals surface area contributed by atoms with Crippen molar-refractivity contribution >= 4 is 13.8 Å². The Hall–Kier alpha value is -2.00. The van der Waals surface area contributed by atoms with Crippen LogP contribution in [0.15, 0.2) is 60.9 Å². The smallest absolute Gasteiger partial charge is 0.472 e. The molecule has 0 aromatic carbocycles. The molecule has 0 saturated carbocycles. The number of hydrogen-bond donors (Lipinski definition) is 1. The summed E-state index contributed by atoms with van der Waals surface area (Å²) in [6.07, 6.45) is 46.6. The van der Waals surface area contributed by atoms with Gasteiger partial charge in [-0.3, -0.25) is 13.8 Å². The SMILES string of the molecule is CCCCC/C=C\C/C=C\CC1OC1C/C=C\CCCC(=O)O[C@H](CO/C=C/CCCCCCCC/C=C\CCCCCC)COP(=O)(O)OCC[N+](C)(C)C. The first-order valence-corrected chi connectivity index (χ1v) is 23.7. The summed E-state index contributed by atoms with van der Waals surface area (Å²) in [5, 5.41) is 0. The van der Waals surface area contributed by atoms with Crippen LogP contribution in [0.25, 0.3) is 0 Å². The van der Waals surface area contributed by atoms with Crippen LogP contribution in [0.3, 0.4) is 0 Å². The Labute approximate surface area is 343 Å². The van der Waals surface area contributed by atoms with E-state index in [2.05, 4.69) is 62.5 Å². The van der Waals surface area contributed by atoms with Gasteiger partial charge in [-0.25, -0.2) is 4.57 Å². The van der Waals surface area contributed by atoms with E-state index in [0.717, 1.165) is 38.5 Å². The molecule has 0 radical (unpaired) electrons. The van der Waals surface area contributed by atoms with Crippen LogP contribution < -0.4 is 0 Å². The van der Waals surface area contributed by atoms with Crippen molar-refractivity contribution in [3.8, 4) is 0 Å². The quantitative estimate of drug-likeness (QED) is 0.0125. The lowest BCUT2D eigenvalue weighted by Gasteiger charge is -2.24. The summed E-state index contributed by atoms with van der Waals surface area (Å²) < 4.78 is 40.5. The minimum atomic E-state index is -4.32. The Morgan fingerprint density at radius 2 is 1.16 bits per heavy atom. The molecular weight excluding hydrogens is 725 g/mol. The molecule has 0 aromatic heterocycles. The normalized spacial score (nSPS) is 17.9. The van der Waals surface area contributed by atoms with Crippen LogP contribution in [-0.2, 0) is 32.6 Å². The first-order chi connectivity index (χ1) is 27.1. The fraction of sp³-hybridized carbons (Fsp3) is 0.761. The molecule has 1 rings (SSSR count). The van der Waals surface area contributed by atoms with Gasteiger partial charge in [0.25, 0.3) is 0 Å². The average molecular weight is 809 g/mol. The number of carbonyl (C=O) groups excluding carboxylic acids is 1. The van der Waals surface area contributed by atoms with E-state index < -0.39 is 19.9 Å². The third kappa shape index (κ3) is 35.2. The summed E-state index contributed by atoms with van der Waals surface area (Å²) in [5.74, 6) is -0.398. The van der Waals surface area contributed by atoms with Crippen molar-refractivity contribution in [1.29, 1.82) is 0 Å². The molecular formula is C46H83NO8P+. The Kier molecular flexibility index (Phi) is 32.5. The van der Waals surface area contributed by atoms with Crippen LogP contribution in [0, 0.1) is 0 Å². The Balaban J connectivity index is 2.31. The third-order valence-corrected chi connectivity index (χ3v) is 10.5. The average Bonchev–Trinajstić information content (AvgIpc) is 3.91. The molecule has 1 N–H and O–H groups in total. The second-order valence-electron chi connectivity index (χ2n) is 16.2. The standard InChI is InChI=1S/C46H82NO8P/c1-6-8-10-12-14-16-17-18-19-20-21-22-24-26-30-34-39-51-41-43(42-53-56(49,50)52-40-38-47(3,4)5)54-46(48)37-33-29-28-32-36-45-44(55-45)35-31-27-25-23-15-13-11-9-7-2/h15-17,23,27-28,31-32,34,39,43-45H,6-14,18-22,24-26,29-30,33,35-38,40-42H2,1-5H3/p+1/b17-16-,23-15-,31-27-,32-28-,39-34+/t43-,44?,45?/m1/s1. The lowest BCUT2D eigenvalue weighted by Crippen LogP contribution is -2.37. The fourth-order valence-corrected chi connectivity index (χ4v) is 6.64. The van der Waals surface area contributed by atoms with Crippen molar-refractivity contribution in [2.24, 2.45) is 0 Å². The summed E-state index contributed by atoms with van der Waals surface area (Å²) >= 11 is 0. The summed E-state index contributed by atoms with van der Waals surface area (Å²) in [4.78, 5) is 22.9. The maximum atomic E-state index is 12.7. The van der Waals surface area contributed by atoms with Crippen molar-refractivity contribution < 1.29 is 42.0 Å². The number of nitrogens with zero attached hydrogens (tertiary/aromatic N) is 1. The van der Waals surface area contributed by atoms with Crippen molar-refractivity contribution in [2.45, 2.75) is 180 Å². The molecule has 10 heteroatoms. The van der Waals surface area contributed by atoms with E-state index >= 15 is 0 Å². The van der Waals surface area contributed by atoms with E-state index in [1.807, 2.05) is 27.2 Å². The Morgan fingerprint density at radius 3 is 1.80 bits per heavy atom. The molecule has 3 unspecified atom stereocenters. The highest BCUT2D eigenvalue weighted by molar-refractivity contribution is 7.47. The van der Waals surface area contributed by atoms with E-state index in [9.17, 15) is 14.3 Å². The number of carbonyl (C=O) groups is 1. The molecule has 1 saturated heterocycles. The largest absolute Gasteiger partial charge is 0.498 e. The van der Waals surface area contributed by atoms with E-state index in [1.165, 1.54) is 96.3 Å². The van der Waals surface area contributed by atoms with Crippen LogP contribution in [0.5, 0.6) is 0 Å². The lowest BCUT2D eigenvalue weighted by molar-refractivity contribution is -0.870. The predicted octanol–water partition coefficient (Wildman–Crippen LogP) is 12.3. The molecule has 1 heterocycles. The number of likely N-dealkylation sites (N-methyl/N-ethyl adjacent to an activating group) is 1. The number of ether oxygens (including phenoxy) is 3. The number of quaternary nitrogens is 1. The highest BCUT2D eigenvalue weighted by Crippen LogP contribution is 2.43. The van der Waals surface area contributed by atoms with E-state index in [1.54, 1.807) is 6.26 Å². The van der Waals surface area contributed by atoms with Gasteiger partial charge in [-0.15, -0.1) is 0 Å². The molecule has 4 atom stereocenters. The van der Waals surface area contributed by atoms with Gasteiger partial charge in [-0.1, -0.05) is 120 Å². The number of allylic oxidation sites excluding steroid dienone is 7. The van der Waals surface area contributed by atoms with Gasteiger partial charge in [0, 0.05) is 6.42 Å². The van der Waals surface area contributed by atoms with Gasteiger partial charge in [0.05, 0.1) is 46.2 Å². The highest BCUT2D eigenvalue weighted by Gasteiger charge is 2.36. The number of phosphoric acid groups is 1. The van der Waals surface area contributed by atoms with Crippen LogP contribution in [-0.4, -0.2) is 81.2 Å². The van der Waals surface area contributed by atoms with Crippen molar-refractivity contribution in [1.82, 2.24) is 0 Å². The number of epoxide rings is 1. The third-order valence-electron chi connectivity index (χ3n) is 9.52. The van der Waals surface area contributed by atoms with E-state index in [4.69, 9.17) is 23.3 Å². The van der Waals surface area contributed by atoms with Crippen LogP contribution in [0.1, 0.15) is 162 Å². The molecule has 0 aromatic rings. The number of esters is 1. The highest BCUT2D eigenvalue weighted by atomic mass is 31.2. The van der Waals surface area contributed by atoms with Crippen LogP contribution >= 0.6 is 7.82 Å². The monoisotopic (exact) mass is 809 g/mol. The summed E-state index contributed by atoms with van der Waals surface area (Å²) in [6, 6.07) is 0. The van der Waals surface area contributed by atoms with Crippen molar-refractivity contribution in [3.63, 3.8) is 0 Å². The Bertz CT molecular complexity index is 1140. The number of hydrogen-bond acceptors (Lipinski definition) is 7. The number of unbranched alkanes of at least 4 members (excludes halogenated alkanes) is 15.